The van der Waals surface area contributed by atoms with Crippen LogP contribution in [-0.4, -0.2) is 29.3 Å². The zero-order chi connectivity index (χ0) is 13.9. The molecule has 0 spiro atoms. The van der Waals surface area contributed by atoms with E-state index in [9.17, 15) is 14.3 Å². The molecular formula is C14H18FNO3. The minimum Gasteiger partial charge on any atom is -0.490 e. The molecule has 2 N–H and O–H groups in total. The van der Waals surface area contributed by atoms with Gasteiger partial charge in [0.15, 0.2) is 0 Å². The summed E-state index contributed by atoms with van der Waals surface area (Å²) in [5.74, 6) is -0.574. The molecule has 2 rings (SSSR count). The van der Waals surface area contributed by atoms with Crippen molar-refractivity contribution in [1.82, 2.24) is 5.32 Å². The van der Waals surface area contributed by atoms with Crippen molar-refractivity contribution in [2.24, 2.45) is 0 Å². The fourth-order valence-electron chi connectivity index (χ4n) is 2.58. The molecule has 1 aliphatic carbocycles. The highest BCUT2D eigenvalue weighted by Crippen LogP contribution is 2.33. The largest absolute Gasteiger partial charge is 0.490 e. The Morgan fingerprint density at radius 1 is 1.53 bits per heavy atom. The van der Waals surface area contributed by atoms with Gasteiger partial charge in [-0.1, -0.05) is 6.92 Å². The molecule has 19 heavy (non-hydrogen) atoms. The van der Waals surface area contributed by atoms with Gasteiger partial charge in [0.1, 0.15) is 23.2 Å². The standard InChI is InChI=1S/C14H18FNO3/c1-2-16-14(13(17)18)8-7-12(9-14)19-11-5-3-10(15)4-6-11/h3-6,12,16H,2,7-9H2,1H3,(H,17,18). The van der Waals surface area contributed by atoms with E-state index in [-0.39, 0.29) is 11.9 Å². The summed E-state index contributed by atoms with van der Waals surface area (Å²) in [7, 11) is 0. The Morgan fingerprint density at radius 2 is 2.21 bits per heavy atom. The van der Waals surface area contributed by atoms with Gasteiger partial charge in [-0.2, -0.15) is 0 Å². The molecule has 1 aromatic carbocycles. The van der Waals surface area contributed by atoms with Gasteiger partial charge in [0.05, 0.1) is 0 Å². The van der Waals surface area contributed by atoms with Crippen molar-refractivity contribution in [1.29, 1.82) is 0 Å². The van der Waals surface area contributed by atoms with Crippen LogP contribution >= 0.6 is 0 Å². The van der Waals surface area contributed by atoms with Gasteiger partial charge in [0.25, 0.3) is 0 Å². The third-order valence-electron chi connectivity index (χ3n) is 3.51. The molecule has 104 valence electrons. The second-order valence-electron chi connectivity index (χ2n) is 4.85. The van der Waals surface area contributed by atoms with Crippen molar-refractivity contribution in [2.45, 2.75) is 37.8 Å². The van der Waals surface area contributed by atoms with Gasteiger partial charge >= 0.3 is 5.97 Å². The number of carboxylic acid groups (broad SMARTS) is 1. The summed E-state index contributed by atoms with van der Waals surface area (Å²) in [4.78, 5) is 11.4. The van der Waals surface area contributed by atoms with Crippen LogP contribution in [0.25, 0.3) is 0 Å². The fourth-order valence-corrected chi connectivity index (χ4v) is 2.58. The first kappa shape index (κ1) is 13.8. The lowest BCUT2D eigenvalue weighted by Gasteiger charge is -2.25. The van der Waals surface area contributed by atoms with Crippen LogP contribution < -0.4 is 10.1 Å². The van der Waals surface area contributed by atoms with Crippen molar-refractivity contribution in [2.75, 3.05) is 6.54 Å². The SMILES string of the molecule is CCNC1(C(=O)O)CCC(Oc2ccc(F)cc2)C1. The smallest absolute Gasteiger partial charge is 0.324 e. The Balaban J connectivity index is 2.01. The van der Waals surface area contributed by atoms with Crippen LogP contribution in [0.4, 0.5) is 4.39 Å². The van der Waals surface area contributed by atoms with Crippen LogP contribution in [0.15, 0.2) is 24.3 Å². The Hall–Kier alpha value is -1.62. The molecule has 5 heteroatoms. The van der Waals surface area contributed by atoms with Gasteiger partial charge in [-0.25, -0.2) is 4.39 Å². The Bertz CT molecular complexity index is 449. The highest BCUT2D eigenvalue weighted by Gasteiger charge is 2.45. The molecule has 4 nitrogen and oxygen atoms in total. The van der Waals surface area contributed by atoms with E-state index >= 15 is 0 Å². The number of hydrogen-bond donors (Lipinski definition) is 2. The van der Waals surface area contributed by atoms with E-state index in [0.717, 1.165) is 0 Å². The van der Waals surface area contributed by atoms with E-state index in [1.807, 2.05) is 6.92 Å². The zero-order valence-electron chi connectivity index (χ0n) is 10.9. The summed E-state index contributed by atoms with van der Waals surface area (Å²) in [5.41, 5.74) is -0.889. The normalized spacial score (nSPS) is 26.3. The van der Waals surface area contributed by atoms with Crippen molar-refractivity contribution >= 4 is 5.97 Å². The molecule has 0 bridgehead atoms. The highest BCUT2D eigenvalue weighted by molar-refractivity contribution is 5.79. The number of hydrogen-bond acceptors (Lipinski definition) is 3. The van der Waals surface area contributed by atoms with Crippen molar-refractivity contribution in [3.63, 3.8) is 0 Å². The monoisotopic (exact) mass is 267 g/mol. The average molecular weight is 267 g/mol. The molecule has 0 amide bonds. The number of halogens is 1. The second-order valence-corrected chi connectivity index (χ2v) is 4.85. The Labute approximate surface area is 111 Å². The molecule has 2 unspecified atom stereocenters. The number of benzene rings is 1. The lowest BCUT2D eigenvalue weighted by Crippen LogP contribution is -2.50. The average Bonchev–Trinajstić information content (AvgIpc) is 2.77. The maximum Gasteiger partial charge on any atom is 0.324 e. The van der Waals surface area contributed by atoms with Gasteiger partial charge in [0, 0.05) is 6.42 Å². The number of aliphatic carboxylic acids is 1. The van der Waals surface area contributed by atoms with Gasteiger partial charge in [0.2, 0.25) is 0 Å². The number of carboxylic acids is 1. The van der Waals surface area contributed by atoms with Crippen LogP contribution in [0.1, 0.15) is 26.2 Å². The summed E-state index contributed by atoms with van der Waals surface area (Å²) < 4.78 is 18.5. The third kappa shape index (κ3) is 3.04. The van der Waals surface area contributed by atoms with Gasteiger partial charge in [-0.15, -0.1) is 0 Å². The molecule has 1 aromatic rings. The zero-order valence-corrected chi connectivity index (χ0v) is 10.9. The number of carbonyl (C=O) groups is 1. The minimum absolute atomic E-state index is 0.152. The predicted molar refractivity (Wildman–Crippen MR) is 68.7 cm³/mol. The Kier molecular flexibility index (Phi) is 4.04. The first-order valence-corrected chi connectivity index (χ1v) is 6.46. The molecule has 0 heterocycles. The predicted octanol–water partition coefficient (Wildman–Crippen LogP) is 2.19. The first-order chi connectivity index (χ1) is 9.05. The number of likely N-dealkylation sites (N-methyl/N-ethyl adjacent to an activating group) is 1. The maximum atomic E-state index is 12.8. The highest BCUT2D eigenvalue weighted by atomic mass is 19.1. The number of ether oxygens (including phenoxy) is 1. The van der Waals surface area contributed by atoms with Crippen molar-refractivity contribution < 1.29 is 19.0 Å². The van der Waals surface area contributed by atoms with Crippen LogP contribution in [0.3, 0.4) is 0 Å². The summed E-state index contributed by atoms with van der Waals surface area (Å²) >= 11 is 0. The van der Waals surface area contributed by atoms with E-state index < -0.39 is 11.5 Å². The lowest BCUT2D eigenvalue weighted by atomic mass is 9.98. The van der Waals surface area contributed by atoms with Crippen molar-refractivity contribution in [3.05, 3.63) is 30.1 Å². The topological polar surface area (TPSA) is 58.6 Å². The van der Waals surface area contributed by atoms with Gasteiger partial charge in [-0.3, -0.25) is 4.79 Å². The van der Waals surface area contributed by atoms with Gasteiger partial charge < -0.3 is 15.2 Å². The number of nitrogens with one attached hydrogen (secondary N) is 1. The van der Waals surface area contributed by atoms with Crippen LogP contribution in [-0.2, 0) is 4.79 Å². The molecule has 2 atom stereocenters. The van der Waals surface area contributed by atoms with E-state index in [2.05, 4.69) is 5.32 Å². The Morgan fingerprint density at radius 3 is 2.79 bits per heavy atom. The van der Waals surface area contributed by atoms with Crippen molar-refractivity contribution in [3.8, 4) is 5.75 Å². The molecule has 0 aromatic heterocycles. The summed E-state index contributed by atoms with van der Waals surface area (Å²) in [6.45, 7) is 2.49. The number of rotatable bonds is 5. The second kappa shape index (κ2) is 5.57. The lowest BCUT2D eigenvalue weighted by molar-refractivity contribution is -0.144. The summed E-state index contributed by atoms with van der Waals surface area (Å²) in [5, 5.41) is 12.4. The molecule has 0 saturated heterocycles. The van der Waals surface area contributed by atoms with E-state index in [4.69, 9.17) is 4.74 Å². The van der Waals surface area contributed by atoms with Crippen LogP contribution in [0.2, 0.25) is 0 Å². The minimum atomic E-state index is -0.889. The molecule has 0 aliphatic heterocycles. The van der Waals surface area contributed by atoms with E-state index in [1.54, 1.807) is 12.1 Å². The fraction of sp³-hybridized carbons (Fsp3) is 0.500. The van der Waals surface area contributed by atoms with Crippen LogP contribution in [0.5, 0.6) is 5.75 Å². The molecule has 1 aliphatic rings. The summed E-state index contributed by atoms with van der Waals surface area (Å²) in [6, 6.07) is 5.78. The maximum absolute atomic E-state index is 12.8. The van der Waals surface area contributed by atoms with Crippen LogP contribution in [0, 0.1) is 5.82 Å². The van der Waals surface area contributed by atoms with E-state index in [1.165, 1.54) is 12.1 Å². The third-order valence-corrected chi connectivity index (χ3v) is 3.51. The molecule has 1 fully saturated rings. The summed E-state index contributed by atoms with van der Waals surface area (Å²) in [6.07, 6.45) is 1.49. The quantitative estimate of drug-likeness (QED) is 0.858. The first-order valence-electron chi connectivity index (χ1n) is 6.46. The molecule has 1 saturated carbocycles. The van der Waals surface area contributed by atoms with Gasteiger partial charge in [-0.05, 0) is 43.7 Å². The van der Waals surface area contributed by atoms with E-state index in [0.29, 0.717) is 31.6 Å². The molecular weight excluding hydrogens is 249 g/mol. The molecule has 0 radical (unpaired) electrons.